The first kappa shape index (κ1) is 39.5. The van der Waals surface area contributed by atoms with Crippen molar-refractivity contribution in [3.05, 3.63) is 174 Å². The second-order valence-electron chi connectivity index (χ2n) is 21.9. The largest absolute Gasteiger partial charge is 0.311 e. The third-order valence-electron chi connectivity index (χ3n) is 14.6. The molecule has 4 heteroatoms. The van der Waals surface area contributed by atoms with Crippen LogP contribution in [0, 0.1) is 0 Å². The molecule has 0 amide bonds. The van der Waals surface area contributed by atoms with Gasteiger partial charge in [-0.25, -0.2) is 0 Å². The zero-order chi connectivity index (χ0) is 45.2. The average Bonchev–Trinajstić information content (AvgIpc) is 4.09. The first-order valence-electron chi connectivity index (χ1n) is 23.5. The lowest BCUT2D eigenvalue weighted by molar-refractivity contribution is 0.591. The number of anilines is 3. The quantitative estimate of drug-likeness (QED) is 0.172. The Kier molecular flexibility index (Phi) is 7.99. The minimum absolute atomic E-state index is 0.00321. The van der Waals surface area contributed by atoms with Gasteiger partial charge in [-0.3, -0.25) is 4.40 Å². The minimum Gasteiger partial charge on any atom is -0.311 e. The summed E-state index contributed by atoms with van der Waals surface area (Å²) in [6.45, 7) is 21.2. The van der Waals surface area contributed by atoms with Crippen molar-refractivity contribution in [2.45, 2.75) is 78.6 Å². The molecule has 0 fully saturated rings. The van der Waals surface area contributed by atoms with E-state index >= 15 is 0 Å². The van der Waals surface area contributed by atoms with Crippen LogP contribution in [0.3, 0.4) is 0 Å². The molecule has 0 aliphatic rings. The predicted molar refractivity (Wildman–Crippen MR) is 287 cm³/mol. The monoisotopic (exact) mass is 871 g/mol. The number of nitrogens with zero attached hydrogens (tertiary/aromatic N) is 3. The number of rotatable bonds is 4. The Bertz CT molecular complexity index is 4030. The second-order valence-corrected chi connectivity index (χ2v) is 22.9. The Hall–Kier alpha value is -6.88. The second kappa shape index (κ2) is 13.4. The first-order chi connectivity index (χ1) is 31.6. The highest BCUT2D eigenvalue weighted by Crippen LogP contribution is 2.52. The summed E-state index contributed by atoms with van der Waals surface area (Å²) in [6, 6.07) is 59.7. The van der Waals surface area contributed by atoms with Crippen LogP contribution in [0.1, 0.15) is 79.0 Å². The molecule has 0 saturated heterocycles. The van der Waals surface area contributed by atoms with Crippen LogP contribution in [0.2, 0.25) is 0 Å². The van der Waals surface area contributed by atoms with Gasteiger partial charge in [0.15, 0.2) is 0 Å². The van der Waals surface area contributed by atoms with Gasteiger partial charge in [0.05, 0.1) is 27.6 Å². The van der Waals surface area contributed by atoms with Gasteiger partial charge >= 0.3 is 0 Å². The molecule has 0 spiro atoms. The summed E-state index contributed by atoms with van der Waals surface area (Å²) in [7, 11) is 0. The number of hydrogen-bond acceptors (Lipinski definition) is 2. The molecule has 0 saturated carbocycles. The summed E-state index contributed by atoms with van der Waals surface area (Å²) in [5.74, 6) is 0. The summed E-state index contributed by atoms with van der Waals surface area (Å²) in [5, 5.41) is 12.1. The van der Waals surface area contributed by atoms with E-state index in [-0.39, 0.29) is 16.2 Å². The summed E-state index contributed by atoms with van der Waals surface area (Å²) in [5.41, 5.74) is 16.3. The van der Waals surface area contributed by atoms with Crippen LogP contribution in [0.15, 0.2) is 158 Å². The summed E-state index contributed by atoms with van der Waals surface area (Å²) >= 11 is 1.94. The molecule has 0 aliphatic heterocycles. The first-order valence-corrected chi connectivity index (χ1v) is 24.3. The van der Waals surface area contributed by atoms with Crippen LogP contribution in [0.25, 0.3) is 96.7 Å². The zero-order valence-corrected chi connectivity index (χ0v) is 40.1. The lowest BCUT2D eigenvalue weighted by Gasteiger charge is -2.26. The lowest BCUT2D eigenvalue weighted by Crippen LogP contribution is -2.11. The van der Waals surface area contributed by atoms with Crippen molar-refractivity contribution in [3.8, 4) is 11.1 Å². The van der Waals surface area contributed by atoms with E-state index in [0.717, 1.165) is 17.1 Å². The van der Waals surface area contributed by atoms with Crippen LogP contribution in [0.5, 0.6) is 0 Å². The van der Waals surface area contributed by atoms with Gasteiger partial charge < -0.3 is 9.30 Å². The lowest BCUT2D eigenvalue weighted by atomic mass is 9.83. The molecular weight excluding hydrogens is 819 g/mol. The topological polar surface area (TPSA) is 12.1 Å². The predicted octanol–water partition coefficient (Wildman–Crippen LogP) is 18.2. The van der Waals surface area contributed by atoms with Gasteiger partial charge in [-0.15, -0.1) is 11.3 Å². The Morgan fingerprint density at radius 2 is 0.864 bits per heavy atom. The maximum atomic E-state index is 2.66. The molecule has 0 aliphatic carbocycles. The van der Waals surface area contributed by atoms with E-state index in [0.29, 0.717) is 0 Å². The molecule has 322 valence electrons. The summed E-state index contributed by atoms with van der Waals surface area (Å²) in [4.78, 5) is 3.69. The molecule has 5 heterocycles. The molecule has 3 nitrogen and oxygen atoms in total. The fraction of sp³-hybridized carbons (Fsp3) is 0.194. The molecule has 0 N–H and O–H groups in total. The molecular formula is C62H53N3S. The summed E-state index contributed by atoms with van der Waals surface area (Å²) in [6.07, 6.45) is 0. The fourth-order valence-electron chi connectivity index (χ4n) is 11.1. The van der Waals surface area contributed by atoms with Crippen molar-refractivity contribution >= 4 is 114 Å². The highest BCUT2D eigenvalue weighted by molar-refractivity contribution is 7.25. The van der Waals surface area contributed by atoms with E-state index in [1.807, 2.05) is 11.3 Å². The minimum atomic E-state index is -0.0620. The molecule has 13 rings (SSSR count). The Morgan fingerprint density at radius 3 is 1.47 bits per heavy atom. The zero-order valence-electron chi connectivity index (χ0n) is 39.3. The number of benzene rings is 8. The van der Waals surface area contributed by atoms with E-state index in [1.54, 1.807) is 0 Å². The van der Waals surface area contributed by atoms with Gasteiger partial charge in [-0.1, -0.05) is 135 Å². The van der Waals surface area contributed by atoms with Crippen molar-refractivity contribution < 1.29 is 0 Å². The number of para-hydroxylation sites is 2. The Balaban J connectivity index is 1.17. The molecule has 0 unspecified atom stereocenters. The van der Waals surface area contributed by atoms with Crippen molar-refractivity contribution in [1.82, 2.24) is 8.80 Å². The number of thiophene rings is 1. The molecule has 0 radical (unpaired) electrons. The van der Waals surface area contributed by atoms with Gasteiger partial charge in [-0.05, 0) is 123 Å². The van der Waals surface area contributed by atoms with Crippen molar-refractivity contribution in [3.63, 3.8) is 0 Å². The van der Waals surface area contributed by atoms with Gasteiger partial charge in [0.1, 0.15) is 4.83 Å². The van der Waals surface area contributed by atoms with Gasteiger partial charge in [0, 0.05) is 75.8 Å². The van der Waals surface area contributed by atoms with E-state index < -0.39 is 0 Å². The van der Waals surface area contributed by atoms with Gasteiger partial charge in [0.2, 0.25) is 0 Å². The van der Waals surface area contributed by atoms with Crippen molar-refractivity contribution in [2.24, 2.45) is 0 Å². The van der Waals surface area contributed by atoms with E-state index in [1.165, 1.54) is 113 Å². The highest BCUT2D eigenvalue weighted by Gasteiger charge is 2.31. The van der Waals surface area contributed by atoms with E-state index in [4.69, 9.17) is 0 Å². The number of fused-ring (bicyclic) bond motifs is 15. The smallest absolute Gasteiger partial charge is 0.109 e. The number of aromatic nitrogens is 2. The molecule has 13 aromatic rings. The molecule has 0 atom stereocenters. The van der Waals surface area contributed by atoms with Crippen molar-refractivity contribution in [2.75, 3.05) is 4.90 Å². The van der Waals surface area contributed by atoms with Crippen LogP contribution in [-0.2, 0) is 16.2 Å². The molecule has 5 aromatic heterocycles. The fourth-order valence-corrected chi connectivity index (χ4v) is 12.4. The van der Waals surface area contributed by atoms with Crippen molar-refractivity contribution in [1.29, 1.82) is 0 Å². The molecule has 0 bridgehead atoms. The molecule has 66 heavy (non-hydrogen) atoms. The maximum Gasteiger partial charge on any atom is 0.109 e. The van der Waals surface area contributed by atoms with E-state index in [9.17, 15) is 0 Å². The maximum absolute atomic E-state index is 2.66. The standard InChI is InChI=1S/C62H53N3S/c1-60(2,3)37-30-45(36-24-26-42(27-25-36)63(40-18-12-10-13-19-40)41-20-14-11-15-21-41)55-47(32-37)48-33-39(62(7,8)9)35-50-54-51(64(55)56(48)50)29-28-43-46-31-38(61(4,5)6)34-49-53-44-22-16-17-23-52(44)66-59(53)65(57(46)49)58(43)54/h10-35H,1-9H3. The number of hydrogen-bond donors (Lipinski definition) is 0. The molecule has 8 aromatic carbocycles. The van der Waals surface area contributed by atoms with Crippen LogP contribution >= 0.6 is 11.3 Å². The van der Waals surface area contributed by atoms with Gasteiger partial charge in [0.25, 0.3) is 0 Å². The third-order valence-corrected chi connectivity index (χ3v) is 15.7. The Labute approximate surface area is 389 Å². The summed E-state index contributed by atoms with van der Waals surface area (Å²) < 4.78 is 6.65. The average molecular weight is 872 g/mol. The van der Waals surface area contributed by atoms with E-state index in [2.05, 4.69) is 234 Å². The Morgan fingerprint density at radius 1 is 0.379 bits per heavy atom. The van der Waals surface area contributed by atoms with Crippen LogP contribution in [-0.4, -0.2) is 8.80 Å². The third kappa shape index (κ3) is 5.48. The van der Waals surface area contributed by atoms with Crippen LogP contribution < -0.4 is 4.90 Å². The van der Waals surface area contributed by atoms with Crippen LogP contribution in [0.4, 0.5) is 17.1 Å². The van der Waals surface area contributed by atoms with Gasteiger partial charge in [-0.2, -0.15) is 0 Å². The normalized spacial score (nSPS) is 13.2. The highest BCUT2D eigenvalue weighted by atomic mass is 32.1. The SMILES string of the molecule is CC(C)(C)c1cc(-c2ccc(N(c3ccccc3)c3ccccc3)cc2)c2c(c1)c1cc(C(C)(C)C)cc3c4c(ccc5c6cc(C(C)(C)C)cc7c8c9ccccc9sc8n(c67)c54)n2c13.